The molecule has 1 aliphatic heterocycles. The molecule has 0 spiro atoms. The molecule has 0 aliphatic carbocycles. The normalized spacial score (nSPS) is 19.5. The van der Waals surface area contributed by atoms with Crippen LogP contribution in [0.3, 0.4) is 0 Å². The van der Waals surface area contributed by atoms with Gasteiger partial charge in [-0.25, -0.2) is 4.79 Å². The van der Waals surface area contributed by atoms with Crippen LogP contribution in [0.5, 0.6) is 0 Å². The minimum atomic E-state index is -0.589. The summed E-state index contributed by atoms with van der Waals surface area (Å²) in [6.07, 6.45) is 1.88. The second-order valence-corrected chi connectivity index (χ2v) is 4.11. The van der Waals surface area contributed by atoms with E-state index in [1.54, 1.807) is 0 Å². The van der Waals surface area contributed by atoms with E-state index >= 15 is 0 Å². The van der Waals surface area contributed by atoms with Crippen molar-refractivity contribution in [3.8, 4) is 0 Å². The van der Waals surface area contributed by atoms with Gasteiger partial charge in [0.1, 0.15) is 6.04 Å². The molecule has 1 saturated heterocycles. The summed E-state index contributed by atoms with van der Waals surface area (Å²) >= 11 is 0. The van der Waals surface area contributed by atoms with E-state index in [0.717, 1.165) is 16.5 Å². The first-order valence-electron chi connectivity index (χ1n) is 5.32. The van der Waals surface area contributed by atoms with E-state index in [2.05, 4.69) is 10.6 Å². The fourth-order valence-corrected chi connectivity index (χ4v) is 2.24. The van der Waals surface area contributed by atoms with Crippen LogP contribution in [0.25, 0.3) is 10.9 Å². The SMILES string of the molecule is Cn1cc([C@H]2NC(=O)NC2=O)c2ccccc21. The number of carbonyl (C=O) groups is 2. The van der Waals surface area contributed by atoms with Gasteiger partial charge in [0.15, 0.2) is 0 Å². The average molecular weight is 229 g/mol. The topological polar surface area (TPSA) is 63.1 Å². The van der Waals surface area contributed by atoms with E-state index in [4.69, 9.17) is 0 Å². The minimum Gasteiger partial charge on any atom is -0.350 e. The molecule has 2 heterocycles. The average Bonchev–Trinajstić information content (AvgIpc) is 2.80. The van der Waals surface area contributed by atoms with E-state index < -0.39 is 12.1 Å². The highest BCUT2D eigenvalue weighted by Gasteiger charge is 2.32. The van der Waals surface area contributed by atoms with Crippen LogP contribution in [0, 0.1) is 0 Å². The molecule has 2 aromatic rings. The maximum atomic E-state index is 11.6. The zero-order valence-corrected chi connectivity index (χ0v) is 9.23. The Labute approximate surface area is 97.4 Å². The molecular formula is C12H11N3O2. The van der Waals surface area contributed by atoms with Gasteiger partial charge in [-0.15, -0.1) is 0 Å². The Morgan fingerprint density at radius 2 is 2.00 bits per heavy atom. The number of para-hydroxylation sites is 1. The summed E-state index contributed by atoms with van der Waals surface area (Å²) in [4.78, 5) is 22.8. The highest BCUT2D eigenvalue weighted by Crippen LogP contribution is 2.27. The molecule has 0 saturated carbocycles. The number of aryl methyl sites for hydroxylation is 1. The molecule has 1 aromatic carbocycles. The van der Waals surface area contributed by atoms with Crippen molar-refractivity contribution in [3.05, 3.63) is 36.0 Å². The fourth-order valence-electron chi connectivity index (χ4n) is 2.24. The molecule has 1 aromatic heterocycles. The van der Waals surface area contributed by atoms with Gasteiger partial charge in [-0.3, -0.25) is 10.1 Å². The second-order valence-electron chi connectivity index (χ2n) is 4.11. The van der Waals surface area contributed by atoms with Crippen LogP contribution in [-0.4, -0.2) is 16.5 Å². The molecule has 86 valence electrons. The number of carbonyl (C=O) groups excluding carboxylic acids is 2. The van der Waals surface area contributed by atoms with Gasteiger partial charge in [-0.1, -0.05) is 18.2 Å². The van der Waals surface area contributed by atoms with Gasteiger partial charge < -0.3 is 9.88 Å². The van der Waals surface area contributed by atoms with E-state index in [-0.39, 0.29) is 5.91 Å². The van der Waals surface area contributed by atoms with Crippen molar-refractivity contribution in [1.82, 2.24) is 15.2 Å². The van der Waals surface area contributed by atoms with Gasteiger partial charge in [0.2, 0.25) is 0 Å². The van der Waals surface area contributed by atoms with Gasteiger partial charge in [-0.2, -0.15) is 0 Å². The summed E-state index contributed by atoms with van der Waals surface area (Å²) in [6.45, 7) is 0. The van der Waals surface area contributed by atoms with Crippen LogP contribution in [-0.2, 0) is 11.8 Å². The number of hydrogen-bond acceptors (Lipinski definition) is 2. The Morgan fingerprint density at radius 1 is 1.24 bits per heavy atom. The number of hydrogen-bond donors (Lipinski definition) is 2. The molecule has 5 nitrogen and oxygen atoms in total. The Hall–Kier alpha value is -2.30. The van der Waals surface area contributed by atoms with Crippen LogP contribution in [0.1, 0.15) is 11.6 Å². The molecule has 17 heavy (non-hydrogen) atoms. The maximum absolute atomic E-state index is 11.6. The van der Waals surface area contributed by atoms with Crippen molar-refractivity contribution in [2.75, 3.05) is 0 Å². The largest absolute Gasteiger partial charge is 0.350 e. The first-order valence-corrected chi connectivity index (χ1v) is 5.32. The summed E-state index contributed by atoms with van der Waals surface area (Å²) in [5.41, 5.74) is 1.86. The summed E-state index contributed by atoms with van der Waals surface area (Å²) in [7, 11) is 1.92. The molecule has 3 amide bonds. The van der Waals surface area contributed by atoms with Gasteiger partial charge in [0.25, 0.3) is 5.91 Å². The number of imide groups is 1. The smallest absolute Gasteiger partial charge is 0.322 e. The van der Waals surface area contributed by atoms with Crippen LogP contribution < -0.4 is 10.6 Å². The van der Waals surface area contributed by atoms with Crippen LogP contribution in [0.15, 0.2) is 30.5 Å². The van der Waals surface area contributed by atoms with Crippen molar-refractivity contribution >= 4 is 22.8 Å². The highest BCUT2D eigenvalue weighted by atomic mass is 16.2. The van der Waals surface area contributed by atoms with Gasteiger partial charge in [-0.05, 0) is 6.07 Å². The molecule has 1 atom stereocenters. The van der Waals surface area contributed by atoms with E-state index in [1.165, 1.54) is 0 Å². The van der Waals surface area contributed by atoms with Crippen molar-refractivity contribution in [1.29, 1.82) is 0 Å². The lowest BCUT2D eigenvalue weighted by molar-refractivity contribution is -0.120. The number of benzene rings is 1. The number of rotatable bonds is 1. The maximum Gasteiger partial charge on any atom is 0.322 e. The summed E-state index contributed by atoms with van der Waals surface area (Å²) in [6, 6.07) is 6.76. The number of fused-ring (bicyclic) bond motifs is 1. The number of nitrogens with zero attached hydrogens (tertiary/aromatic N) is 1. The standard InChI is InChI=1S/C12H11N3O2/c1-15-6-8(7-4-2-3-5-9(7)15)10-11(16)14-12(17)13-10/h2-6,10H,1H3,(H2,13,14,16,17)/t10-/m1/s1. The zero-order valence-electron chi connectivity index (χ0n) is 9.23. The Kier molecular flexibility index (Phi) is 1.95. The van der Waals surface area contributed by atoms with Crippen molar-refractivity contribution in [2.24, 2.45) is 7.05 Å². The predicted octanol–water partition coefficient (Wildman–Crippen LogP) is 1.06. The molecule has 5 heteroatoms. The van der Waals surface area contributed by atoms with E-state index in [1.807, 2.05) is 42.1 Å². The van der Waals surface area contributed by atoms with E-state index in [0.29, 0.717) is 0 Å². The molecule has 0 radical (unpaired) electrons. The molecule has 1 fully saturated rings. The molecule has 1 aliphatic rings. The van der Waals surface area contributed by atoms with Crippen molar-refractivity contribution in [3.63, 3.8) is 0 Å². The number of amides is 3. The monoisotopic (exact) mass is 229 g/mol. The summed E-state index contributed by atoms with van der Waals surface area (Å²) < 4.78 is 1.95. The van der Waals surface area contributed by atoms with Gasteiger partial charge >= 0.3 is 6.03 Å². The van der Waals surface area contributed by atoms with Gasteiger partial charge in [0.05, 0.1) is 0 Å². The first kappa shape index (κ1) is 9.89. The second kappa shape index (κ2) is 3.35. The van der Waals surface area contributed by atoms with Crippen LogP contribution in [0.4, 0.5) is 4.79 Å². The lowest BCUT2D eigenvalue weighted by atomic mass is 10.1. The fraction of sp³-hybridized carbons (Fsp3) is 0.167. The lowest BCUT2D eigenvalue weighted by Crippen LogP contribution is -2.22. The Bertz CT molecular complexity index is 630. The third-order valence-electron chi connectivity index (χ3n) is 3.01. The Morgan fingerprint density at radius 3 is 2.71 bits per heavy atom. The van der Waals surface area contributed by atoms with Crippen molar-refractivity contribution in [2.45, 2.75) is 6.04 Å². The van der Waals surface area contributed by atoms with Crippen molar-refractivity contribution < 1.29 is 9.59 Å². The molecule has 3 rings (SSSR count). The van der Waals surface area contributed by atoms with Gasteiger partial charge in [0, 0.05) is 29.7 Å². The third-order valence-corrected chi connectivity index (χ3v) is 3.01. The first-order chi connectivity index (χ1) is 8.16. The summed E-state index contributed by atoms with van der Waals surface area (Å²) in [5.74, 6) is -0.300. The minimum absolute atomic E-state index is 0.300. The molecule has 0 unspecified atom stereocenters. The van der Waals surface area contributed by atoms with Crippen LogP contribution >= 0.6 is 0 Å². The lowest BCUT2D eigenvalue weighted by Gasteiger charge is -2.04. The highest BCUT2D eigenvalue weighted by molar-refractivity contribution is 6.06. The summed E-state index contributed by atoms with van der Waals surface area (Å²) in [5, 5.41) is 5.84. The number of urea groups is 1. The Balaban J connectivity index is 2.18. The molecule has 2 N–H and O–H groups in total. The zero-order chi connectivity index (χ0) is 12.0. The predicted molar refractivity (Wildman–Crippen MR) is 62.3 cm³/mol. The molecule has 0 bridgehead atoms. The van der Waals surface area contributed by atoms with Crippen LogP contribution in [0.2, 0.25) is 0 Å². The quantitative estimate of drug-likeness (QED) is 0.718. The third kappa shape index (κ3) is 1.39. The van der Waals surface area contributed by atoms with E-state index in [9.17, 15) is 9.59 Å². The molecular weight excluding hydrogens is 218 g/mol. The number of aromatic nitrogens is 1. The number of nitrogens with one attached hydrogen (secondary N) is 2.